The predicted octanol–water partition coefficient (Wildman–Crippen LogP) is 4.13. The first-order valence-electron chi connectivity index (χ1n) is 7.01. The molecule has 5 nitrogen and oxygen atoms in total. The average Bonchev–Trinajstić information content (AvgIpc) is 3.30. The summed E-state index contributed by atoms with van der Waals surface area (Å²) in [4.78, 5) is 6.60. The molecule has 4 heterocycles. The molecule has 23 heavy (non-hydrogen) atoms. The predicted molar refractivity (Wildman–Crippen MR) is 92.7 cm³/mol. The average molecular weight is 335 g/mol. The minimum absolute atomic E-state index is 0.671. The van der Waals surface area contributed by atoms with Crippen LogP contribution in [0.5, 0.6) is 0 Å². The SMILES string of the molecule is c1csc(-c2nn3c(-c4ccc5ccccc5n4)nnc3s2)c1. The molecule has 0 unspecified atom stereocenters. The minimum Gasteiger partial charge on any atom is -0.244 e. The van der Waals surface area contributed by atoms with Gasteiger partial charge in [0.1, 0.15) is 5.69 Å². The first-order chi connectivity index (χ1) is 11.4. The second kappa shape index (κ2) is 4.94. The standard InChI is InChI=1S/C16H9N5S2/c1-2-5-11-10(4-1)7-8-12(17-11)14-18-19-16-21(14)20-15(23-16)13-6-3-9-22-13/h1-9H. The molecule has 0 aliphatic rings. The topological polar surface area (TPSA) is 56.0 Å². The molecule has 110 valence electrons. The highest BCUT2D eigenvalue weighted by Gasteiger charge is 2.15. The van der Waals surface area contributed by atoms with Crippen molar-refractivity contribution in [1.82, 2.24) is 24.8 Å². The van der Waals surface area contributed by atoms with Crippen molar-refractivity contribution in [2.24, 2.45) is 0 Å². The van der Waals surface area contributed by atoms with Gasteiger partial charge >= 0.3 is 0 Å². The summed E-state index contributed by atoms with van der Waals surface area (Å²) in [7, 11) is 0. The Bertz CT molecular complexity index is 1120. The van der Waals surface area contributed by atoms with Crippen LogP contribution in [0, 0.1) is 0 Å². The number of nitrogens with zero attached hydrogens (tertiary/aromatic N) is 5. The van der Waals surface area contributed by atoms with Crippen LogP contribution in [-0.4, -0.2) is 24.8 Å². The van der Waals surface area contributed by atoms with Gasteiger partial charge < -0.3 is 0 Å². The summed E-state index contributed by atoms with van der Waals surface area (Å²) in [6.45, 7) is 0. The second-order valence-corrected chi connectivity index (χ2v) is 6.90. The van der Waals surface area contributed by atoms with Crippen LogP contribution in [0.25, 0.3) is 37.3 Å². The van der Waals surface area contributed by atoms with E-state index in [2.05, 4.69) is 26.3 Å². The maximum absolute atomic E-state index is 4.68. The first-order valence-corrected chi connectivity index (χ1v) is 8.70. The molecule has 0 aliphatic heterocycles. The summed E-state index contributed by atoms with van der Waals surface area (Å²) in [6, 6.07) is 16.1. The number of thiophene rings is 1. The molecule has 0 amide bonds. The summed E-state index contributed by atoms with van der Waals surface area (Å²) in [5, 5.41) is 17.3. The zero-order chi connectivity index (χ0) is 15.2. The molecule has 0 radical (unpaired) electrons. The molecule has 0 atom stereocenters. The Kier molecular flexibility index (Phi) is 2.76. The molecule has 0 fully saturated rings. The summed E-state index contributed by atoms with van der Waals surface area (Å²) >= 11 is 3.20. The summed E-state index contributed by atoms with van der Waals surface area (Å²) in [5.41, 5.74) is 1.72. The molecule has 5 aromatic rings. The number of fused-ring (bicyclic) bond motifs is 2. The van der Waals surface area contributed by atoms with E-state index in [1.165, 1.54) is 11.3 Å². The number of para-hydroxylation sites is 1. The third-order valence-corrected chi connectivity index (χ3v) is 5.49. The maximum Gasteiger partial charge on any atom is 0.235 e. The van der Waals surface area contributed by atoms with Crippen molar-refractivity contribution < 1.29 is 0 Å². The normalized spacial score (nSPS) is 11.5. The van der Waals surface area contributed by atoms with Gasteiger partial charge in [-0.3, -0.25) is 0 Å². The van der Waals surface area contributed by atoms with Crippen LogP contribution in [0.2, 0.25) is 0 Å². The first kappa shape index (κ1) is 12.9. The second-order valence-electron chi connectivity index (χ2n) is 4.99. The molecule has 0 spiro atoms. The van der Waals surface area contributed by atoms with Crippen LogP contribution in [0.3, 0.4) is 0 Å². The Balaban J connectivity index is 1.69. The van der Waals surface area contributed by atoms with Crippen molar-refractivity contribution in [1.29, 1.82) is 0 Å². The molecule has 0 aliphatic carbocycles. The summed E-state index contributed by atoms with van der Waals surface area (Å²) in [6.07, 6.45) is 0. The summed E-state index contributed by atoms with van der Waals surface area (Å²) in [5.74, 6) is 0.671. The van der Waals surface area contributed by atoms with Gasteiger partial charge in [0, 0.05) is 5.39 Å². The molecule has 4 aromatic heterocycles. The lowest BCUT2D eigenvalue weighted by atomic mass is 10.2. The quantitative estimate of drug-likeness (QED) is 0.487. The largest absolute Gasteiger partial charge is 0.244 e. The van der Waals surface area contributed by atoms with Crippen LogP contribution in [0.15, 0.2) is 53.9 Å². The van der Waals surface area contributed by atoms with E-state index in [1.807, 2.05) is 47.8 Å². The van der Waals surface area contributed by atoms with Crippen LogP contribution in [0.1, 0.15) is 0 Å². The Morgan fingerprint density at radius 2 is 1.87 bits per heavy atom. The molecular formula is C16H9N5S2. The third kappa shape index (κ3) is 2.05. The van der Waals surface area contributed by atoms with Gasteiger partial charge in [0.15, 0.2) is 5.01 Å². The monoisotopic (exact) mass is 335 g/mol. The highest BCUT2D eigenvalue weighted by molar-refractivity contribution is 7.23. The van der Waals surface area contributed by atoms with Crippen LogP contribution in [0.4, 0.5) is 0 Å². The lowest BCUT2D eigenvalue weighted by Gasteiger charge is -2.00. The van der Waals surface area contributed by atoms with E-state index in [9.17, 15) is 0 Å². The van der Waals surface area contributed by atoms with Gasteiger partial charge in [-0.25, -0.2) is 4.98 Å². The van der Waals surface area contributed by atoms with Gasteiger partial charge in [0.2, 0.25) is 10.8 Å². The van der Waals surface area contributed by atoms with E-state index in [0.29, 0.717) is 5.82 Å². The molecule has 0 N–H and O–H groups in total. The highest BCUT2D eigenvalue weighted by atomic mass is 32.1. The number of benzene rings is 1. The van der Waals surface area contributed by atoms with Gasteiger partial charge in [-0.1, -0.05) is 41.7 Å². The lowest BCUT2D eigenvalue weighted by molar-refractivity contribution is 0.965. The maximum atomic E-state index is 4.68. The molecule has 1 aromatic carbocycles. The molecule has 0 bridgehead atoms. The van der Waals surface area contributed by atoms with E-state index in [0.717, 1.165) is 31.4 Å². The van der Waals surface area contributed by atoms with Gasteiger partial charge in [0.05, 0.1) is 10.4 Å². The Labute approximate surface area is 138 Å². The van der Waals surface area contributed by atoms with Gasteiger partial charge in [0.25, 0.3) is 0 Å². The zero-order valence-corrected chi connectivity index (χ0v) is 13.4. The van der Waals surface area contributed by atoms with Gasteiger partial charge in [-0.05, 0) is 23.6 Å². The van der Waals surface area contributed by atoms with Crippen LogP contribution in [-0.2, 0) is 0 Å². The number of rotatable bonds is 2. The van der Waals surface area contributed by atoms with E-state index in [1.54, 1.807) is 15.9 Å². The number of hydrogen-bond donors (Lipinski definition) is 0. The van der Waals surface area contributed by atoms with Crippen LogP contribution < -0.4 is 0 Å². The zero-order valence-electron chi connectivity index (χ0n) is 11.7. The Morgan fingerprint density at radius 3 is 2.78 bits per heavy atom. The van der Waals surface area contributed by atoms with Crippen molar-refractivity contribution in [3.05, 3.63) is 53.9 Å². The fraction of sp³-hybridized carbons (Fsp3) is 0. The number of pyridine rings is 1. The minimum atomic E-state index is 0.671. The van der Waals surface area contributed by atoms with E-state index in [-0.39, 0.29) is 0 Å². The van der Waals surface area contributed by atoms with Gasteiger partial charge in [-0.15, -0.1) is 21.5 Å². The number of hydrogen-bond acceptors (Lipinski definition) is 6. The molecule has 7 heteroatoms. The molecule has 5 rings (SSSR count). The van der Waals surface area contributed by atoms with Crippen molar-refractivity contribution in [2.75, 3.05) is 0 Å². The van der Waals surface area contributed by atoms with Gasteiger partial charge in [-0.2, -0.15) is 9.61 Å². The fourth-order valence-corrected chi connectivity index (χ4v) is 4.10. The van der Waals surface area contributed by atoms with E-state index < -0.39 is 0 Å². The Hall–Kier alpha value is -2.64. The van der Waals surface area contributed by atoms with Crippen LogP contribution >= 0.6 is 22.7 Å². The summed E-state index contributed by atoms with van der Waals surface area (Å²) < 4.78 is 1.77. The highest BCUT2D eigenvalue weighted by Crippen LogP contribution is 2.30. The van der Waals surface area contributed by atoms with Crippen molar-refractivity contribution in [3.63, 3.8) is 0 Å². The van der Waals surface area contributed by atoms with Crippen molar-refractivity contribution >= 4 is 38.5 Å². The smallest absolute Gasteiger partial charge is 0.235 e. The van der Waals surface area contributed by atoms with Crippen molar-refractivity contribution in [3.8, 4) is 21.4 Å². The number of aromatic nitrogens is 5. The van der Waals surface area contributed by atoms with Crippen molar-refractivity contribution in [2.45, 2.75) is 0 Å². The third-order valence-electron chi connectivity index (χ3n) is 3.55. The van der Waals surface area contributed by atoms with E-state index in [4.69, 9.17) is 0 Å². The van der Waals surface area contributed by atoms with E-state index >= 15 is 0 Å². The molecule has 0 saturated heterocycles. The molecule has 0 saturated carbocycles. The molecular weight excluding hydrogens is 326 g/mol. The fourth-order valence-electron chi connectivity index (χ4n) is 2.47. The lowest BCUT2D eigenvalue weighted by Crippen LogP contribution is -1.93. The Morgan fingerprint density at radius 1 is 0.913 bits per heavy atom.